The van der Waals surface area contributed by atoms with Crippen molar-refractivity contribution in [1.82, 2.24) is 10.3 Å². The maximum absolute atomic E-state index is 12.2. The van der Waals surface area contributed by atoms with Gasteiger partial charge in [-0.2, -0.15) is 0 Å². The second kappa shape index (κ2) is 7.18. The molecule has 1 aliphatic rings. The van der Waals surface area contributed by atoms with E-state index in [1.807, 2.05) is 31.2 Å². The van der Waals surface area contributed by atoms with Crippen molar-refractivity contribution in [3.8, 4) is 0 Å². The number of nitrogens with zero attached hydrogens (tertiary/aromatic N) is 1. The molecule has 1 saturated carbocycles. The maximum Gasteiger partial charge on any atom is 0.257 e. The minimum absolute atomic E-state index is 0.0674. The summed E-state index contributed by atoms with van der Waals surface area (Å²) in [5, 5.41) is 3.44. The van der Waals surface area contributed by atoms with Gasteiger partial charge in [0.2, 0.25) is 5.91 Å². The Hall–Kier alpha value is -1.49. The van der Waals surface area contributed by atoms with Crippen LogP contribution in [0.15, 0.2) is 33.9 Å². The number of hydrogen-bond acceptors (Lipinski definition) is 4. The molecule has 1 aliphatic carbocycles. The Kier molecular flexibility index (Phi) is 5.03. The van der Waals surface area contributed by atoms with Gasteiger partial charge in [0.25, 0.3) is 5.22 Å². The first kappa shape index (κ1) is 15.4. The van der Waals surface area contributed by atoms with Crippen LogP contribution in [0, 0.1) is 5.92 Å². The van der Waals surface area contributed by atoms with E-state index in [1.165, 1.54) is 43.9 Å². The Morgan fingerprint density at radius 2 is 2.14 bits per heavy atom. The van der Waals surface area contributed by atoms with Gasteiger partial charge in [-0.25, -0.2) is 4.98 Å². The summed E-state index contributed by atoms with van der Waals surface area (Å²) in [5.41, 5.74) is 1.60. The highest BCUT2D eigenvalue weighted by Gasteiger charge is 2.20. The minimum Gasteiger partial charge on any atom is -0.431 e. The van der Waals surface area contributed by atoms with Gasteiger partial charge in [0, 0.05) is 6.54 Å². The lowest BCUT2D eigenvalue weighted by Gasteiger charge is -2.22. The molecule has 1 aromatic carbocycles. The smallest absolute Gasteiger partial charge is 0.257 e. The molecule has 0 radical (unpaired) electrons. The average molecular weight is 318 g/mol. The summed E-state index contributed by atoms with van der Waals surface area (Å²) in [6.45, 7) is 2.70. The topological polar surface area (TPSA) is 55.1 Å². The Morgan fingerprint density at radius 3 is 2.91 bits per heavy atom. The number of nitrogens with one attached hydrogen (secondary N) is 1. The summed E-state index contributed by atoms with van der Waals surface area (Å²) in [5.74, 6) is 0.719. The van der Waals surface area contributed by atoms with Gasteiger partial charge in [0.1, 0.15) is 5.52 Å². The number of fused-ring (bicyclic) bond motifs is 1. The molecular formula is C17H22N2O2S. The zero-order valence-electron chi connectivity index (χ0n) is 12.9. The zero-order chi connectivity index (χ0) is 15.4. The van der Waals surface area contributed by atoms with Crippen LogP contribution in [-0.2, 0) is 4.79 Å². The highest BCUT2D eigenvalue weighted by molar-refractivity contribution is 8.00. The van der Waals surface area contributed by atoms with Crippen LogP contribution in [-0.4, -0.2) is 22.7 Å². The van der Waals surface area contributed by atoms with Crippen LogP contribution in [0.5, 0.6) is 0 Å². The third-order valence-electron chi connectivity index (χ3n) is 4.21. The quantitative estimate of drug-likeness (QED) is 0.847. The van der Waals surface area contributed by atoms with Crippen molar-refractivity contribution < 1.29 is 9.21 Å². The first-order valence-corrected chi connectivity index (χ1v) is 8.90. The van der Waals surface area contributed by atoms with E-state index in [0.717, 1.165) is 17.6 Å². The van der Waals surface area contributed by atoms with E-state index in [0.29, 0.717) is 11.1 Å². The Morgan fingerprint density at radius 1 is 1.36 bits per heavy atom. The van der Waals surface area contributed by atoms with Crippen LogP contribution < -0.4 is 5.32 Å². The van der Waals surface area contributed by atoms with E-state index in [9.17, 15) is 4.79 Å². The summed E-state index contributed by atoms with van der Waals surface area (Å²) in [7, 11) is 0. The molecule has 1 N–H and O–H groups in total. The van der Waals surface area contributed by atoms with E-state index in [2.05, 4.69) is 10.3 Å². The minimum atomic E-state index is -0.198. The van der Waals surface area contributed by atoms with Gasteiger partial charge in [-0.1, -0.05) is 43.2 Å². The maximum atomic E-state index is 12.2. The molecule has 3 rings (SSSR count). The van der Waals surface area contributed by atoms with Crippen molar-refractivity contribution in [3.05, 3.63) is 24.3 Å². The number of hydrogen-bond donors (Lipinski definition) is 1. The second-order valence-electron chi connectivity index (χ2n) is 5.96. The van der Waals surface area contributed by atoms with Crippen molar-refractivity contribution in [1.29, 1.82) is 0 Å². The van der Waals surface area contributed by atoms with Crippen molar-refractivity contribution >= 4 is 28.8 Å². The summed E-state index contributed by atoms with van der Waals surface area (Å²) < 4.78 is 5.66. The monoisotopic (exact) mass is 318 g/mol. The van der Waals surface area contributed by atoms with Crippen LogP contribution in [0.1, 0.15) is 39.0 Å². The van der Waals surface area contributed by atoms with Crippen molar-refractivity contribution in [2.45, 2.75) is 49.5 Å². The van der Waals surface area contributed by atoms with E-state index in [1.54, 1.807) is 0 Å². The van der Waals surface area contributed by atoms with Crippen molar-refractivity contribution in [2.24, 2.45) is 5.92 Å². The normalized spacial score (nSPS) is 17.5. The molecule has 22 heavy (non-hydrogen) atoms. The van der Waals surface area contributed by atoms with Gasteiger partial charge < -0.3 is 9.73 Å². The standard InChI is InChI=1S/C17H22N2O2S/c1-12(16(20)18-11-13-7-3-2-4-8-13)22-17-19-14-9-5-6-10-15(14)21-17/h5-6,9-10,12-13H,2-4,7-8,11H2,1H3,(H,18,20)/t12-/m0/s1. The molecule has 1 aromatic heterocycles. The molecule has 0 bridgehead atoms. The lowest BCUT2D eigenvalue weighted by molar-refractivity contribution is -0.120. The Bertz CT molecular complexity index is 601. The highest BCUT2D eigenvalue weighted by Crippen LogP contribution is 2.27. The lowest BCUT2D eigenvalue weighted by Crippen LogP contribution is -2.35. The predicted octanol–water partition coefficient (Wildman–Crippen LogP) is 4.00. The molecule has 0 aliphatic heterocycles. The van der Waals surface area contributed by atoms with Gasteiger partial charge >= 0.3 is 0 Å². The Labute approximate surface area is 135 Å². The largest absolute Gasteiger partial charge is 0.431 e. The highest BCUT2D eigenvalue weighted by atomic mass is 32.2. The third-order valence-corrected chi connectivity index (χ3v) is 5.15. The van der Waals surface area contributed by atoms with Gasteiger partial charge in [-0.15, -0.1) is 0 Å². The predicted molar refractivity (Wildman–Crippen MR) is 88.9 cm³/mol. The third kappa shape index (κ3) is 3.83. The molecule has 1 fully saturated rings. The molecule has 0 saturated heterocycles. The summed E-state index contributed by atoms with van der Waals surface area (Å²) in [6.07, 6.45) is 6.43. The van der Waals surface area contributed by atoms with E-state index >= 15 is 0 Å². The number of oxazole rings is 1. The fourth-order valence-electron chi connectivity index (χ4n) is 2.89. The number of benzene rings is 1. The molecule has 0 unspecified atom stereocenters. The van der Waals surface area contributed by atoms with Gasteiger partial charge in [-0.05, 0) is 37.8 Å². The van der Waals surface area contributed by atoms with Gasteiger partial charge in [0.05, 0.1) is 5.25 Å². The van der Waals surface area contributed by atoms with Gasteiger partial charge in [0.15, 0.2) is 5.58 Å². The Balaban J connectivity index is 1.51. The van der Waals surface area contributed by atoms with Crippen molar-refractivity contribution in [3.63, 3.8) is 0 Å². The summed E-state index contributed by atoms with van der Waals surface area (Å²) >= 11 is 1.37. The van der Waals surface area contributed by atoms with Crippen LogP contribution in [0.3, 0.4) is 0 Å². The van der Waals surface area contributed by atoms with E-state index in [-0.39, 0.29) is 11.2 Å². The molecule has 5 heteroatoms. The molecule has 1 atom stereocenters. The summed E-state index contributed by atoms with van der Waals surface area (Å²) in [4.78, 5) is 16.6. The summed E-state index contributed by atoms with van der Waals surface area (Å²) in [6, 6.07) is 7.65. The number of thioether (sulfide) groups is 1. The van der Waals surface area contributed by atoms with E-state index in [4.69, 9.17) is 4.42 Å². The zero-order valence-corrected chi connectivity index (χ0v) is 13.7. The number of aromatic nitrogens is 1. The SMILES string of the molecule is C[C@H](Sc1nc2ccccc2o1)C(=O)NCC1CCCCC1. The number of carbonyl (C=O) groups excluding carboxylic acids is 1. The number of para-hydroxylation sites is 2. The first-order chi connectivity index (χ1) is 10.7. The fourth-order valence-corrected chi connectivity index (χ4v) is 3.67. The first-order valence-electron chi connectivity index (χ1n) is 8.02. The number of rotatable bonds is 5. The van der Waals surface area contributed by atoms with Gasteiger partial charge in [-0.3, -0.25) is 4.79 Å². The lowest BCUT2D eigenvalue weighted by atomic mass is 9.89. The van der Waals surface area contributed by atoms with Crippen LogP contribution in [0.4, 0.5) is 0 Å². The molecule has 2 aromatic rings. The number of carbonyl (C=O) groups is 1. The number of amides is 1. The molecule has 4 nitrogen and oxygen atoms in total. The molecule has 1 amide bonds. The van der Waals surface area contributed by atoms with E-state index < -0.39 is 0 Å². The second-order valence-corrected chi connectivity index (χ2v) is 7.25. The molecular weight excluding hydrogens is 296 g/mol. The molecule has 0 spiro atoms. The molecule has 118 valence electrons. The average Bonchev–Trinajstić information content (AvgIpc) is 2.95. The fraction of sp³-hybridized carbons (Fsp3) is 0.529. The van der Waals surface area contributed by atoms with Crippen LogP contribution in [0.2, 0.25) is 0 Å². The van der Waals surface area contributed by atoms with Crippen LogP contribution in [0.25, 0.3) is 11.1 Å². The molecule has 1 heterocycles. The van der Waals surface area contributed by atoms with Crippen LogP contribution >= 0.6 is 11.8 Å². The van der Waals surface area contributed by atoms with Crippen molar-refractivity contribution in [2.75, 3.05) is 6.54 Å².